The van der Waals surface area contributed by atoms with Gasteiger partial charge in [-0.1, -0.05) is 18.6 Å². The highest BCUT2D eigenvalue weighted by atomic mass is 16.4. The van der Waals surface area contributed by atoms with Gasteiger partial charge in [0.25, 0.3) is 0 Å². The topological polar surface area (TPSA) is 83.5 Å². The SMILES string of the molecule is NCC(c1cccc(O)c1)C1(C(=O)O)CCC1. The molecule has 1 atom stereocenters. The Morgan fingerprint density at radius 3 is 2.59 bits per heavy atom. The van der Waals surface area contributed by atoms with E-state index in [2.05, 4.69) is 0 Å². The fraction of sp³-hybridized carbons (Fsp3) is 0.462. The van der Waals surface area contributed by atoms with Gasteiger partial charge >= 0.3 is 5.97 Å². The predicted molar refractivity (Wildman–Crippen MR) is 63.8 cm³/mol. The molecule has 0 heterocycles. The maximum atomic E-state index is 11.4. The van der Waals surface area contributed by atoms with Crippen molar-refractivity contribution in [1.29, 1.82) is 0 Å². The molecule has 0 spiro atoms. The van der Waals surface area contributed by atoms with Gasteiger partial charge in [-0.3, -0.25) is 4.79 Å². The molecule has 1 aromatic rings. The third kappa shape index (κ3) is 1.89. The summed E-state index contributed by atoms with van der Waals surface area (Å²) >= 11 is 0. The van der Waals surface area contributed by atoms with Crippen molar-refractivity contribution in [3.63, 3.8) is 0 Å². The predicted octanol–water partition coefficient (Wildman–Crippen LogP) is 1.69. The molecule has 1 aliphatic carbocycles. The summed E-state index contributed by atoms with van der Waals surface area (Å²) in [4.78, 5) is 11.4. The van der Waals surface area contributed by atoms with Crippen LogP contribution in [0.1, 0.15) is 30.7 Å². The molecule has 92 valence electrons. The van der Waals surface area contributed by atoms with Crippen LogP contribution in [0.3, 0.4) is 0 Å². The van der Waals surface area contributed by atoms with Gasteiger partial charge in [-0.25, -0.2) is 0 Å². The third-order valence-electron chi connectivity index (χ3n) is 3.85. The van der Waals surface area contributed by atoms with E-state index in [0.717, 1.165) is 12.0 Å². The Morgan fingerprint density at radius 2 is 2.18 bits per heavy atom. The number of nitrogens with two attached hydrogens (primary N) is 1. The lowest BCUT2D eigenvalue weighted by atomic mass is 9.59. The van der Waals surface area contributed by atoms with Crippen molar-refractivity contribution in [3.05, 3.63) is 29.8 Å². The van der Waals surface area contributed by atoms with E-state index in [1.54, 1.807) is 18.2 Å². The molecule has 4 heteroatoms. The van der Waals surface area contributed by atoms with Gasteiger partial charge in [0, 0.05) is 12.5 Å². The van der Waals surface area contributed by atoms with Crippen molar-refractivity contribution < 1.29 is 15.0 Å². The molecular formula is C13H17NO3. The summed E-state index contributed by atoms with van der Waals surface area (Å²) in [5.74, 6) is -0.843. The van der Waals surface area contributed by atoms with Crippen LogP contribution >= 0.6 is 0 Å². The summed E-state index contributed by atoms with van der Waals surface area (Å²) in [6, 6.07) is 6.74. The van der Waals surface area contributed by atoms with Crippen molar-refractivity contribution in [2.45, 2.75) is 25.2 Å². The molecule has 0 aliphatic heterocycles. The van der Waals surface area contributed by atoms with Crippen LogP contribution in [0.15, 0.2) is 24.3 Å². The number of carboxylic acids is 1. The minimum absolute atomic E-state index is 0.154. The van der Waals surface area contributed by atoms with Gasteiger partial charge in [0.05, 0.1) is 5.41 Å². The third-order valence-corrected chi connectivity index (χ3v) is 3.85. The highest BCUT2D eigenvalue weighted by Gasteiger charge is 2.50. The average molecular weight is 235 g/mol. The van der Waals surface area contributed by atoms with Crippen LogP contribution in [0.5, 0.6) is 5.75 Å². The van der Waals surface area contributed by atoms with Gasteiger partial charge in [0.2, 0.25) is 0 Å². The van der Waals surface area contributed by atoms with Crippen molar-refractivity contribution in [3.8, 4) is 5.75 Å². The van der Waals surface area contributed by atoms with Crippen LogP contribution in [0.4, 0.5) is 0 Å². The molecule has 1 saturated carbocycles. The summed E-state index contributed by atoms with van der Waals surface area (Å²) in [5, 5.41) is 18.9. The fourth-order valence-corrected chi connectivity index (χ4v) is 2.69. The lowest BCUT2D eigenvalue weighted by Crippen LogP contribution is -2.45. The van der Waals surface area contributed by atoms with E-state index in [9.17, 15) is 15.0 Å². The molecule has 0 radical (unpaired) electrons. The van der Waals surface area contributed by atoms with E-state index in [0.29, 0.717) is 12.8 Å². The number of hydrogen-bond acceptors (Lipinski definition) is 3. The van der Waals surface area contributed by atoms with E-state index in [4.69, 9.17) is 5.73 Å². The number of phenolic OH excluding ortho intramolecular Hbond substituents is 1. The van der Waals surface area contributed by atoms with E-state index >= 15 is 0 Å². The van der Waals surface area contributed by atoms with E-state index < -0.39 is 11.4 Å². The number of rotatable bonds is 4. The van der Waals surface area contributed by atoms with Crippen LogP contribution in [0.25, 0.3) is 0 Å². The zero-order valence-electron chi connectivity index (χ0n) is 9.60. The molecule has 1 fully saturated rings. The summed E-state index contributed by atoms with van der Waals surface area (Å²) in [5.41, 5.74) is 5.82. The van der Waals surface area contributed by atoms with Crippen molar-refractivity contribution in [2.24, 2.45) is 11.1 Å². The van der Waals surface area contributed by atoms with E-state index in [1.807, 2.05) is 6.07 Å². The maximum Gasteiger partial charge on any atom is 0.310 e. The smallest absolute Gasteiger partial charge is 0.310 e. The van der Waals surface area contributed by atoms with Crippen LogP contribution in [-0.4, -0.2) is 22.7 Å². The van der Waals surface area contributed by atoms with E-state index in [1.165, 1.54) is 0 Å². The molecule has 1 aliphatic rings. The Kier molecular flexibility index (Phi) is 3.07. The van der Waals surface area contributed by atoms with Gasteiger partial charge in [0.1, 0.15) is 5.75 Å². The molecule has 1 aromatic carbocycles. The second kappa shape index (κ2) is 4.37. The summed E-state index contributed by atoms with van der Waals surface area (Å²) in [7, 11) is 0. The summed E-state index contributed by atoms with van der Waals surface area (Å²) in [6.07, 6.45) is 2.27. The summed E-state index contributed by atoms with van der Waals surface area (Å²) < 4.78 is 0. The lowest BCUT2D eigenvalue weighted by Gasteiger charge is -2.44. The van der Waals surface area contributed by atoms with Gasteiger partial charge in [-0.2, -0.15) is 0 Å². The van der Waals surface area contributed by atoms with Crippen LogP contribution in [-0.2, 0) is 4.79 Å². The number of benzene rings is 1. The summed E-state index contributed by atoms with van der Waals surface area (Å²) in [6.45, 7) is 0.287. The normalized spacial score (nSPS) is 19.4. The molecule has 0 amide bonds. The molecular weight excluding hydrogens is 218 g/mol. The Hall–Kier alpha value is -1.55. The second-order valence-corrected chi connectivity index (χ2v) is 4.70. The number of aliphatic carboxylic acids is 1. The Labute approximate surface area is 100 Å². The van der Waals surface area contributed by atoms with Crippen LogP contribution in [0.2, 0.25) is 0 Å². The maximum absolute atomic E-state index is 11.4. The molecule has 0 saturated heterocycles. The van der Waals surface area contributed by atoms with Gasteiger partial charge in [-0.05, 0) is 30.5 Å². The fourth-order valence-electron chi connectivity index (χ4n) is 2.69. The van der Waals surface area contributed by atoms with Crippen molar-refractivity contribution >= 4 is 5.97 Å². The Morgan fingerprint density at radius 1 is 1.47 bits per heavy atom. The number of aromatic hydroxyl groups is 1. The lowest BCUT2D eigenvalue weighted by molar-refractivity contribution is -0.156. The first-order valence-electron chi connectivity index (χ1n) is 5.82. The quantitative estimate of drug-likeness (QED) is 0.741. The first kappa shape index (κ1) is 11.9. The van der Waals surface area contributed by atoms with Gasteiger partial charge < -0.3 is 15.9 Å². The van der Waals surface area contributed by atoms with Crippen LogP contribution < -0.4 is 5.73 Å². The monoisotopic (exact) mass is 235 g/mol. The Bertz CT molecular complexity index is 426. The number of hydrogen-bond donors (Lipinski definition) is 3. The minimum atomic E-state index is -0.775. The van der Waals surface area contributed by atoms with E-state index in [-0.39, 0.29) is 18.2 Å². The molecule has 4 N–H and O–H groups in total. The standard InChI is InChI=1S/C13H17NO3/c14-8-11(9-3-1-4-10(15)7-9)13(12(16)17)5-2-6-13/h1,3-4,7,11,15H,2,5-6,8,14H2,(H,16,17). The number of phenols is 1. The van der Waals surface area contributed by atoms with Crippen molar-refractivity contribution in [1.82, 2.24) is 0 Å². The van der Waals surface area contributed by atoms with Gasteiger partial charge in [-0.15, -0.1) is 0 Å². The zero-order chi connectivity index (χ0) is 12.5. The number of carbonyl (C=O) groups is 1. The van der Waals surface area contributed by atoms with Gasteiger partial charge in [0.15, 0.2) is 0 Å². The molecule has 4 nitrogen and oxygen atoms in total. The first-order chi connectivity index (χ1) is 8.10. The molecule has 0 bridgehead atoms. The molecule has 0 aromatic heterocycles. The largest absolute Gasteiger partial charge is 0.508 e. The first-order valence-corrected chi connectivity index (χ1v) is 5.82. The molecule has 2 rings (SSSR count). The zero-order valence-corrected chi connectivity index (χ0v) is 9.60. The van der Waals surface area contributed by atoms with Crippen LogP contribution in [0, 0.1) is 5.41 Å². The molecule has 1 unspecified atom stereocenters. The Balaban J connectivity index is 2.36. The van der Waals surface area contributed by atoms with Crippen molar-refractivity contribution in [2.75, 3.05) is 6.54 Å². The number of carboxylic acid groups (broad SMARTS) is 1. The minimum Gasteiger partial charge on any atom is -0.508 e. The molecule has 17 heavy (non-hydrogen) atoms. The highest BCUT2D eigenvalue weighted by molar-refractivity contribution is 5.77. The highest BCUT2D eigenvalue weighted by Crippen LogP contribution is 2.51. The second-order valence-electron chi connectivity index (χ2n) is 4.70. The average Bonchev–Trinajstić information content (AvgIpc) is 2.22.